The van der Waals surface area contributed by atoms with Crippen molar-refractivity contribution in [3.8, 4) is 5.75 Å². The van der Waals surface area contributed by atoms with Crippen molar-refractivity contribution in [1.82, 2.24) is 9.97 Å². The Balaban J connectivity index is 1.43. The van der Waals surface area contributed by atoms with Crippen molar-refractivity contribution in [2.75, 3.05) is 13.7 Å². The number of halogens is 3. The highest BCUT2D eigenvalue weighted by atomic mass is 19.4. The number of alkyl halides is 3. The van der Waals surface area contributed by atoms with Gasteiger partial charge in [-0.15, -0.1) is 0 Å². The van der Waals surface area contributed by atoms with Gasteiger partial charge in [0.2, 0.25) is 0 Å². The number of unbranched alkanes of at least 4 members (excludes halogenated alkanes) is 1. The summed E-state index contributed by atoms with van der Waals surface area (Å²) in [6.45, 7) is 0.761. The minimum absolute atomic E-state index is 0.0000677. The van der Waals surface area contributed by atoms with Gasteiger partial charge in [0.1, 0.15) is 5.75 Å². The standard InChI is InChI=1S/C25H31F3N2O2/c1-31-20-16-19(17-30-22(20)25(26,27)28)8-2-4-10-23(21-9-3-7-14-29-21)13-15-32-24(18-23)11-5-6-12-24/h3,7,9,14,16-17H,2,4-6,8,10-13,15,18H2,1H3/t23-/m1/s1. The van der Waals surface area contributed by atoms with Crippen molar-refractivity contribution in [1.29, 1.82) is 0 Å². The van der Waals surface area contributed by atoms with Crippen LogP contribution in [0.25, 0.3) is 0 Å². The van der Waals surface area contributed by atoms with Gasteiger partial charge in [-0.25, -0.2) is 4.98 Å². The molecule has 7 heteroatoms. The number of methoxy groups -OCH3 is 1. The van der Waals surface area contributed by atoms with Gasteiger partial charge >= 0.3 is 6.18 Å². The number of hydrogen-bond acceptors (Lipinski definition) is 4. The van der Waals surface area contributed by atoms with Gasteiger partial charge in [-0.05, 0) is 68.7 Å². The molecule has 0 N–H and O–H groups in total. The van der Waals surface area contributed by atoms with E-state index in [4.69, 9.17) is 14.5 Å². The van der Waals surface area contributed by atoms with E-state index in [0.29, 0.717) is 6.42 Å². The molecule has 2 aromatic rings. The molecule has 3 heterocycles. The van der Waals surface area contributed by atoms with Crippen LogP contribution in [-0.2, 0) is 22.7 Å². The first-order valence-electron chi connectivity index (χ1n) is 11.5. The molecule has 1 aliphatic carbocycles. The fourth-order valence-electron chi connectivity index (χ4n) is 5.58. The van der Waals surface area contributed by atoms with Crippen molar-refractivity contribution < 1.29 is 22.6 Å². The number of nitrogens with zero attached hydrogens (tertiary/aromatic N) is 2. The van der Waals surface area contributed by atoms with E-state index in [2.05, 4.69) is 17.1 Å². The molecule has 1 saturated carbocycles. The Bertz CT molecular complexity index is 898. The maximum atomic E-state index is 13.1. The monoisotopic (exact) mass is 448 g/mol. The highest BCUT2D eigenvalue weighted by Gasteiger charge is 2.48. The molecule has 1 spiro atoms. The summed E-state index contributed by atoms with van der Waals surface area (Å²) in [5.74, 6) is -0.215. The first-order chi connectivity index (χ1) is 15.4. The molecule has 0 unspecified atom stereocenters. The Kier molecular flexibility index (Phi) is 6.75. The zero-order chi connectivity index (χ0) is 22.7. The molecule has 2 aliphatic rings. The van der Waals surface area contributed by atoms with Gasteiger partial charge in [0, 0.05) is 30.1 Å². The van der Waals surface area contributed by atoms with Crippen LogP contribution in [0, 0.1) is 0 Å². The predicted molar refractivity (Wildman–Crippen MR) is 116 cm³/mol. The van der Waals surface area contributed by atoms with Crippen molar-refractivity contribution in [2.45, 2.75) is 81.4 Å². The third-order valence-corrected chi connectivity index (χ3v) is 7.14. The molecule has 0 aromatic carbocycles. The summed E-state index contributed by atoms with van der Waals surface area (Å²) < 4.78 is 50.4. The van der Waals surface area contributed by atoms with Crippen molar-refractivity contribution in [3.63, 3.8) is 0 Å². The molecule has 4 rings (SSSR count). The van der Waals surface area contributed by atoms with Crippen LogP contribution in [0.15, 0.2) is 36.7 Å². The molecular weight excluding hydrogens is 417 g/mol. The molecule has 1 aliphatic heterocycles. The lowest BCUT2D eigenvalue weighted by Crippen LogP contribution is -2.46. The Labute approximate surface area is 187 Å². The Morgan fingerprint density at radius 2 is 1.91 bits per heavy atom. The molecule has 4 nitrogen and oxygen atoms in total. The second kappa shape index (κ2) is 9.38. The minimum atomic E-state index is -4.52. The lowest BCUT2D eigenvalue weighted by molar-refractivity contribution is -0.142. The summed E-state index contributed by atoms with van der Waals surface area (Å²) in [5.41, 5.74) is 0.927. The first kappa shape index (κ1) is 23.0. The minimum Gasteiger partial charge on any atom is -0.494 e. The summed E-state index contributed by atoms with van der Waals surface area (Å²) in [5, 5.41) is 0. The molecular formula is C25H31F3N2O2. The molecule has 1 saturated heterocycles. The summed E-state index contributed by atoms with van der Waals surface area (Å²) in [6, 6.07) is 7.61. The van der Waals surface area contributed by atoms with Gasteiger partial charge in [-0.3, -0.25) is 4.98 Å². The van der Waals surface area contributed by atoms with Crippen molar-refractivity contribution in [2.24, 2.45) is 0 Å². The summed E-state index contributed by atoms with van der Waals surface area (Å²) >= 11 is 0. The molecule has 1 atom stereocenters. The third kappa shape index (κ3) is 4.92. The molecule has 0 amide bonds. The van der Waals surface area contributed by atoms with Crippen LogP contribution in [0.3, 0.4) is 0 Å². The lowest BCUT2D eigenvalue weighted by Gasteiger charge is -2.46. The number of ether oxygens (including phenoxy) is 2. The molecule has 32 heavy (non-hydrogen) atoms. The largest absolute Gasteiger partial charge is 0.494 e. The van der Waals surface area contributed by atoms with E-state index in [-0.39, 0.29) is 16.8 Å². The van der Waals surface area contributed by atoms with Crippen LogP contribution in [0.2, 0.25) is 0 Å². The van der Waals surface area contributed by atoms with Gasteiger partial charge in [-0.1, -0.05) is 25.3 Å². The van der Waals surface area contributed by atoms with Crippen LogP contribution in [-0.4, -0.2) is 29.3 Å². The van der Waals surface area contributed by atoms with E-state index in [0.717, 1.165) is 62.8 Å². The normalized spacial score (nSPS) is 22.9. The van der Waals surface area contributed by atoms with E-state index < -0.39 is 11.9 Å². The van der Waals surface area contributed by atoms with E-state index in [1.165, 1.54) is 32.2 Å². The average molecular weight is 449 g/mol. The van der Waals surface area contributed by atoms with Gasteiger partial charge in [0.15, 0.2) is 5.69 Å². The van der Waals surface area contributed by atoms with E-state index in [9.17, 15) is 13.2 Å². The summed E-state index contributed by atoms with van der Waals surface area (Å²) in [4.78, 5) is 8.35. The van der Waals surface area contributed by atoms with Crippen LogP contribution in [0.5, 0.6) is 5.75 Å². The van der Waals surface area contributed by atoms with Gasteiger partial charge in [0.25, 0.3) is 0 Å². The van der Waals surface area contributed by atoms with Crippen molar-refractivity contribution >= 4 is 0 Å². The Morgan fingerprint density at radius 1 is 1.09 bits per heavy atom. The highest BCUT2D eigenvalue weighted by Crippen LogP contribution is 2.50. The third-order valence-electron chi connectivity index (χ3n) is 7.14. The number of aryl methyl sites for hydroxylation is 1. The van der Waals surface area contributed by atoms with Gasteiger partial charge in [0.05, 0.1) is 12.7 Å². The number of aromatic nitrogens is 2. The molecule has 0 bridgehead atoms. The first-order valence-corrected chi connectivity index (χ1v) is 11.5. The fraction of sp³-hybridized carbons (Fsp3) is 0.600. The topological polar surface area (TPSA) is 44.2 Å². The number of hydrogen-bond donors (Lipinski definition) is 0. The smallest absolute Gasteiger partial charge is 0.437 e. The van der Waals surface area contributed by atoms with E-state index in [1.807, 2.05) is 12.3 Å². The van der Waals surface area contributed by atoms with Crippen LogP contribution in [0.4, 0.5) is 13.2 Å². The van der Waals surface area contributed by atoms with Gasteiger partial charge in [-0.2, -0.15) is 13.2 Å². The maximum Gasteiger partial charge on any atom is 0.437 e. The number of rotatable bonds is 7. The zero-order valence-electron chi connectivity index (χ0n) is 18.6. The SMILES string of the molecule is COc1cc(CCCC[C@@]2(c3ccccn3)CCOC3(CCCC3)C2)cnc1C(F)(F)F. The average Bonchev–Trinajstić information content (AvgIpc) is 3.23. The Hall–Kier alpha value is -2.15. The second-order valence-electron chi connectivity index (χ2n) is 9.26. The van der Waals surface area contributed by atoms with Crippen LogP contribution < -0.4 is 4.74 Å². The van der Waals surface area contributed by atoms with Crippen molar-refractivity contribution in [3.05, 3.63) is 53.6 Å². The van der Waals surface area contributed by atoms with Gasteiger partial charge < -0.3 is 9.47 Å². The Morgan fingerprint density at radius 3 is 2.59 bits per heavy atom. The van der Waals surface area contributed by atoms with Crippen LogP contribution in [0.1, 0.15) is 74.7 Å². The number of pyridine rings is 2. The summed E-state index contributed by atoms with van der Waals surface area (Å²) in [6.07, 6.45) is 8.85. The van der Waals surface area contributed by atoms with Crippen LogP contribution >= 0.6 is 0 Å². The maximum absolute atomic E-state index is 13.1. The second-order valence-corrected chi connectivity index (χ2v) is 9.26. The molecule has 2 fully saturated rings. The summed E-state index contributed by atoms with van der Waals surface area (Å²) in [7, 11) is 1.25. The molecule has 2 aromatic heterocycles. The zero-order valence-corrected chi connectivity index (χ0v) is 18.6. The quantitative estimate of drug-likeness (QED) is 0.468. The fourth-order valence-corrected chi connectivity index (χ4v) is 5.58. The van der Waals surface area contributed by atoms with E-state index >= 15 is 0 Å². The molecule has 0 radical (unpaired) electrons. The highest BCUT2D eigenvalue weighted by molar-refractivity contribution is 5.33. The predicted octanol–water partition coefficient (Wildman–Crippen LogP) is 6.28. The van der Waals surface area contributed by atoms with E-state index in [1.54, 1.807) is 0 Å². The molecule has 174 valence electrons. The lowest BCUT2D eigenvalue weighted by atomic mass is 9.67.